The van der Waals surface area contributed by atoms with Crippen LogP contribution in [-0.2, 0) is 10.0 Å². The normalized spacial score (nSPS) is 19.0. The fourth-order valence-corrected chi connectivity index (χ4v) is 4.03. The van der Waals surface area contributed by atoms with Crippen molar-refractivity contribution < 1.29 is 13.5 Å². The van der Waals surface area contributed by atoms with Gasteiger partial charge in [-0.1, -0.05) is 25.0 Å². The van der Waals surface area contributed by atoms with Gasteiger partial charge in [0.05, 0.1) is 17.0 Å². The van der Waals surface area contributed by atoms with E-state index in [0.717, 1.165) is 18.4 Å². The lowest BCUT2D eigenvalue weighted by Gasteiger charge is -2.27. The van der Waals surface area contributed by atoms with Gasteiger partial charge >= 0.3 is 0 Å². The van der Waals surface area contributed by atoms with Crippen LogP contribution in [0.3, 0.4) is 0 Å². The molecule has 1 aromatic rings. The zero-order chi connectivity index (χ0) is 13.2. The number of aliphatic hydroxyl groups excluding tert-OH is 1. The Kier molecular flexibility index (Phi) is 3.75. The summed E-state index contributed by atoms with van der Waals surface area (Å²) >= 11 is 0. The summed E-state index contributed by atoms with van der Waals surface area (Å²) in [6.45, 7) is 1.72. The Bertz CT molecular complexity index is 519. The predicted octanol–water partition coefficient (Wildman–Crippen LogP) is 1.58. The van der Waals surface area contributed by atoms with Gasteiger partial charge in [-0.2, -0.15) is 0 Å². The number of nitrogens with one attached hydrogen (secondary N) is 1. The maximum Gasteiger partial charge on any atom is 0.241 e. The highest BCUT2D eigenvalue weighted by molar-refractivity contribution is 7.89. The van der Waals surface area contributed by atoms with Crippen LogP contribution in [0.1, 0.15) is 31.2 Å². The second-order valence-electron chi connectivity index (χ2n) is 5.07. The maximum atomic E-state index is 12.3. The number of benzene rings is 1. The minimum absolute atomic E-state index is 0.141. The number of sulfonamides is 1. The Balaban J connectivity index is 2.27. The molecule has 2 rings (SSSR count). The van der Waals surface area contributed by atoms with Crippen molar-refractivity contribution in [1.82, 2.24) is 4.72 Å². The van der Waals surface area contributed by atoms with E-state index in [1.165, 1.54) is 0 Å². The van der Waals surface area contributed by atoms with Crippen molar-refractivity contribution >= 4 is 10.0 Å². The van der Waals surface area contributed by atoms with Crippen LogP contribution in [0.25, 0.3) is 0 Å². The molecule has 18 heavy (non-hydrogen) atoms. The van der Waals surface area contributed by atoms with Crippen LogP contribution in [0.15, 0.2) is 29.2 Å². The summed E-state index contributed by atoms with van der Waals surface area (Å²) in [5.41, 5.74) is 0.241. The fraction of sp³-hybridized carbons (Fsp3) is 0.538. The molecule has 5 heteroatoms. The number of aryl methyl sites for hydroxylation is 1. The molecule has 0 unspecified atom stereocenters. The van der Waals surface area contributed by atoms with Crippen LogP contribution >= 0.6 is 0 Å². The predicted molar refractivity (Wildman–Crippen MR) is 69.8 cm³/mol. The highest BCUT2D eigenvalue weighted by atomic mass is 32.2. The van der Waals surface area contributed by atoms with E-state index >= 15 is 0 Å². The summed E-state index contributed by atoms with van der Waals surface area (Å²) in [7, 11) is -3.55. The number of aliphatic hydroxyl groups is 1. The Morgan fingerprint density at radius 3 is 2.56 bits per heavy atom. The van der Waals surface area contributed by atoms with Crippen LogP contribution in [0.2, 0.25) is 0 Å². The maximum absolute atomic E-state index is 12.3. The zero-order valence-corrected chi connectivity index (χ0v) is 11.3. The number of rotatable bonds is 4. The van der Waals surface area contributed by atoms with Crippen molar-refractivity contribution in [2.75, 3.05) is 6.61 Å². The summed E-state index contributed by atoms with van der Waals surface area (Å²) in [5, 5.41) is 9.45. The lowest BCUT2D eigenvalue weighted by atomic mass is 10.0. The van der Waals surface area contributed by atoms with E-state index < -0.39 is 15.6 Å². The average Bonchev–Trinajstić information content (AvgIpc) is 2.77. The van der Waals surface area contributed by atoms with Crippen molar-refractivity contribution in [3.63, 3.8) is 0 Å². The molecular formula is C13H19NO3S. The van der Waals surface area contributed by atoms with Crippen molar-refractivity contribution in [1.29, 1.82) is 0 Å². The van der Waals surface area contributed by atoms with E-state index in [1.807, 2.05) is 13.0 Å². The van der Waals surface area contributed by atoms with Gasteiger partial charge in [0.1, 0.15) is 0 Å². The smallest absolute Gasteiger partial charge is 0.241 e. The largest absolute Gasteiger partial charge is 0.394 e. The van der Waals surface area contributed by atoms with Gasteiger partial charge in [-0.25, -0.2) is 13.1 Å². The van der Waals surface area contributed by atoms with Crippen LogP contribution in [-0.4, -0.2) is 25.7 Å². The van der Waals surface area contributed by atoms with Crippen LogP contribution in [0.4, 0.5) is 0 Å². The monoisotopic (exact) mass is 269 g/mol. The van der Waals surface area contributed by atoms with Crippen LogP contribution in [0, 0.1) is 6.92 Å². The molecule has 4 nitrogen and oxygen atoms in total. The van der Waals surface area contributed by atoms with Gasteiger partial charge < -0.3 is 5.11 Å². The lowest BCUT2D eigenvalue weighted by Crippen LogP contribution is -2.49. The second-order valence-corrected chi connectivity index (χ2v) is 6.75. The first kappa shape index (κ1) is 13.5. The van der Waals surface area contributed by atoms with E-state index in [4.69, 9.17) is 0 Å². The summed E-state index contributed by atoms with van der Waals surface area (Å²) in [6, 6.07) is 6.80. The molecule has 1 fully saturated rings. The summed E-state index contributed by atoms with van der Waals surface area (Å²) in [5.74, 6) is 0. The van der Waals surface area contributed by atoms with Gasteiger partial charge in [0, 0.05) is 0 Å². The first-order valence-corrected chi connectivity index (χ1v) is 7.67. The molecule has 0 saturated heterocycles. The SMILES string of the molecule is Cc1cccc(S(=O)(=O)NC2(CO)CCCC2)c1. The minimum atomic E-state index is -3.55. The summed E-state index contributed by atoms with van der Waals surface area (Å²) < 4.78 is 27.2. The molecule has 0 aliphatic heterocycles. The lowest BCUT2D eigenvalue weighted by molar-refractivity contribution is 0.185. The Labute approximate surface area is 108 Å². The van der Waals surface area contributed by atoms with Gasteiger partial charge in [0.2, 0.25) is 10.0 Å². The molecule has 0 amide bonds. The highest BCUT2D eigenvalue weighted by Gasteiger charge is 2.37. The van der Waals surface area contributed by atoms with Gasteiger partial charge in [0.15, 0.2) is 0 Å². The first-order valence-electron chi connectivity index (χ1n) is 6.19. The number of hydrogen-bond acceptors (Lipinski definition) is 3. The highest BCUT2D eigenvalue weighted by Crippen LogP contribution is 2.30. The molecule has 0 bridgehead atoms. The molecule has 1 aliphatic carbocycles. The molecule has 1 aromatic carbocycles. The standard InChI is InChI=1S/C13H19NO3S/c1-11-5-4-6-12(9-11)18(16,17)14-13(10-15)7-2-3-8-13/h4-6,9,14-15H,2-3,7-8,10H2,1H3. The topological polar surface area (TPSA) is 66.4 Å². The van der Waals surface area contributed by atoms with Crippen molar-refractivity contribution in [2.45, 2.75) is 43.0 Å². The fourth-order valence-electron chi connectivity index (χ4n) is 2.47. The van der Waals surface area contributed by atoms with Crippen LogP contribution < -0.4 is 4.72 Å². The number of hydrogen-bond donors (Lipinski definition) is 2. The van der Waals surface area contributed by atoms with Gasteiger partial charge in [-0.15, -0.1) is 0 Å². The Morgan fingerprint density at radius 2 is 2.00 bits per heavy atom. The van der Waals surface area contributed by atoms with E-state index in [-0.39, 0.29) is 11.5 Å². The molecule has 0 atom stereocenters. The van der Waals surface area contributed by atoms with E-state index in [0.29, 0.717) is 12.8 Å². The van der Waals surface area contributed by atoms with Crippen molar-refractivity contribution in [3.8, 4) is 0 Å². The molecule has 0 radical (unpaired) electrons. The second kappa shape index (κ2) is 4.99. The quantitative estimate of drug-likeness (QED) is 0.872. The van der Waals surface area contributed by atoms with Gasteiger partial charge in [-0.05, 0) is 37.5 Å². The van der Waals surface area contributed by atoms with Crippen molar-refractivity contribution in [2.24, 2.45) is 0 Å². The molecule has 0 aromatic heterocycles. The molecule has 1 aliphatic rings. The van der Waals surface area contributed by atoms with E-state index in [2.05, 4.69) is 4.72 Å². The molecule has 1 saturated carbocycles. The molecule has 100 valence electrons. The average molecular weight is 269 g/mol. The van der Waals surface area contributed by atoms with Gasteiger partial charge in [0.25, 0.3) is 0 Å². The molecule has 0 heterocycles. The molecule has 0 spiro atoms. The third-order valence-corrected chi connectivity index (χ3v) is 5.09. The van der Waals surface area contributed by atoms with Crippen molar-refractivity contribution in [3.05, 3.63) is 29.8 Å². The minimum Gasteiger partial charge on any atom is -0.394 e. The Morgan fingerprint density at radius 1 is 1.33 bits per heavy atom. The molecule has 2 N–H and O–H groups in total. The van der Waals surface area contributed by atoms with Gasteiger partial charge in [-0.3, -0.25) is 0 Å². The summed E-state index contributed by atoms with van der Waals surface area (Å²) in [6.07, 6.45) is 3.32. The Hall–Kier alpha value is -0.910. The first-order chi connectivity index (χ1) is 8.47. The van der Waals surface area contributed by atoms with Crippen LogP contribution in [0.5, 0.6) is 0 Å². The third kappa shape index (κ3) is 2.74. The van der Waals surface area contributed by atoms with E-state index in [1.54, 1.807) is 18.2 Å². The summed E-state index contributed by atoms with van der Waals surface area (Å²) in [4.78, 5) is 0.266. The molecular weight excluding hydrogens is 250 g/mol. The third-order valence-electron chi connectivity index (χ3n) is 3.51. The zero-order valence-electron chi connectivity index (χ0n) is 10.5. The van der Waals surface area contributed by atoms with E-state index in [9.17, 15) is 13.5 Å².